The lowest BCUT2D eigenvalue weighted by molar-refractivity contribution is 0.275. The fourth-order valence-electron chi connectivity index (χ4n) is 1.81. The van der Waals surface area contributed by atoms with Gasteiger partial charge in [-0.3, -0.25) is 0 Å². The van der Waals surface area contributed by atoms with Gasteiger partial charge in [0.1, 0.15) is 0 Å². The molecule has 0 aliphatic carbocycles. The summed E-state index contributed by atoms with van der Waals surface area (Å²) in [5, 5.41) is 0.259. The summed E-state index contributed by atoms with van der Waals surface area (Å²) in [5.41, 5.74) is 4.01. The van der Waals surface area contributed by atoms with E-state index in [4.69, 9.17) is 4.43 Å². The van der Waals surface area contributed by atoms with Gasteiger partial charge >= 0.3 is 0 Å². The molecule has 0 radical (unpaired) electrons. The minimum atomic E-state index is -1.68. The number of hydrogen-bond acceptors (Lipinski definition) is 1. The SMILES string of the molecule is C=CCc1c(C)cccc1CO[Si](C)(C)C(C)(C)C. The fraction of sp³-hybridized carbons (Fsp3) is 0.529. The van der Waals surface area contributed by atoms with Gasteiger partial charge in [-0.2, -0.15) is 0 Å². The minimum Gasteiger partial charge on any atom is -0.413 e. The Morgan fingerprint density at radius 3 is 2.42 bits per heavy atom. The maximum absolute atomic E-state index is 6.33. The van der Waals surface area contributed by atoms with Crippen LogP contribution >= 0.6 is 0 Å². The molecule has 1 aromatic rings. The second kappa shape index (κ2) is 6.06. The highest BCUT2D eigenvalue weighted by Crippen LogP contribution is 2.37. The average Bonchev–Trinajstić information content (AvgIpc) is 2.28. The Balaban J connectivity index is 2.89. The lowest BCUT2D eigenvalue weighted by Crippen LogP contribution is -2.40. The predicted octanol–water partition coefficient (Wildman–Crippen LogP) is 5.25. The van der Waals surface area contributed by atoms with Crippen LogP contribution in [-0.2, 0) is 17.5 Å². The summed E-state index contributed by atoms with van der Waals surface area (Å²) in [7, 11) is -1.68. The van der Waals surface area contributed by atoms with Crippen molar-refractivity contribution >= 4 is 8.32 Å². The highest BCUT2D eigenvalue weighted by molar-refractivity contribution is 6.74. The van der Waals surface area contributed by atoms with E-state index in [0.29, 0.717) is 0 Å². The average molecular weight is 276 g/mol. The van der Waals surface area contributed by atoms with E-state index in [-0.39, 0.29) is 5.04 Å². The molecule has 0 unspecified atom stereocenters. The highest BCUT2D eigenvalue weighted by atomic mass is 28.4. The molecule has 0 atom stereocenters. The van der Waals surface area contributed by atoms with E-state index < -0.39 is 8.32 Å². The van der Waals surface area contributed by atoms with Gasteiger partial charge in [-0.05, 0) is 48.2 Å². The lowest BCUT2D eigenvalue weighted by Gasteiger charge is -2.36. The first kappa shape index (κ1) is 16.2. The van der Waals surface area contributed by atoms with E-state index in [1.54, 1.807) is 0 Å². The number of benzene rings is 1. The zero-order chi connectivity index (χ0) is 14.7. The number of allylic oxidation sites excluding steroid dienone is 1. The van der Waals surface area contributed by atoms with Crippen LogP contribution in [0, 0.1) is 6.92 Å². The van der Waals surface area contributed by atoms with Crippen molar-refractivity contribution in [2.45, 2.75) is 58.9 Å². The summed E-state index contributed by atoms with van der Waals surface area (Å²) in [6, 6.07) is 6.46. The molecule has 0 saturated heterocycles. The van der Waals surface area contributed by atoms with Crippen LogP contribution in [0.3, 0.4) is 0 Å². The highest BCUT2D eigenvalue weighted by Gasteiger charge is 2.37. The molecule has 1 aromatic carbocycles. The van der Waals surface area contributed by atoms with Crippen molar-refractivity contribution in [2.75, 3.05) is 0 Å². The summed E-state index contributed by atoms with van der Waals surface area (Å²) >= 11 is 0. The molecule has 0 saturated carbocycles. The zero-order valence-corrected chi connectivity index (χ0v) is 14.3. The van der Waals surface area contributed by atoms with Crippen LogP contribution < -0.4 is 0 Å². The summed E-state index contributed by atoms with van der Waals surface area (Å²) < 4.78 is 6.33. The van der Waals surface area contributed by atoms with Crippen molar-refractivity contribution in [3.05, 3.63) is 47.5 Å². The Labute approximate surface area is 119 Å². The summed E-state index contributed by atoms with van der Waals surface area (Å²) in [6.45, 7) is 18.2. The molecule has 0 amide bonds. The van der Waals surface area contributed by atoms with Gasteiger partial charge in [0.05, 0.1) is 6.61 Å². The molecule has 1 rings (SSSR count). The Morgan fingerprint density at radius 2 is 1.89 bits per heavy atom. The Kier molecular flexibility index (Phi) is 5.16. The van der Waals surface area contributed by atoms with Crippen LogP contribution in [0.5, 0.6) is 0 Å². The van der Waals surface area contributed by atoms with Crippen LogP contribution in [0.4, 0.5) is 0 Å². The van der Waals surface area contributed by atoms with Crippen molar-refractivity contribution in [1.29, 1.82) is 0 Å². The van der Waals surface area contributed by atoms with Crippen molar-refractivity contribution in [1.82, 2.24) is 0 Å². The molecule has 0 spiro atoms. The maximum Gasteiger partial charge on any atom is 0.192 e. The Hall–Kier alpha value is -0.863. The minimum absolute atomic E-state index is 0.259. The summed E-state index contributed by atoms with van der Waals surface area (Å²) in [6.07, 6.45) is 2.89. The predicted molar refractivity (Wildman–Crippen MR) is 87.1 cm³/mol. The topological polar surface area (TPSA) is 9.23 Å². The van der Waals surface area contributed by atoms with Gasteiger partial charge < -0.3 is 4.43 Å². The van der Waals surface area contributed by atoms with Crippen LogP contribution in [0.2, 0.25) is 18.1 Å². The van der Waals surface area contributed by atoms with E-state index in [1.165, 1.54) is 16.7 Å². The molecular weight excluding hydrogens is 248 g/mol. The first-order chi connectivity index (χ1) is 8.69. The van der Waals surface area contributed by atoms with Crippen LogP contribution in [0.1, 0.15) is 37.5 Å². The molecule has 106 valence electrons. The first-order valence-electron chi connectivity index (χ1n) is 7.01. The molecule has 19 heavy (non-hydrogen) atoms. The molecule has 0 N–H and O–H groups in total. The third kappa shape index (κ3) is 4.05. The van der Waals surface area contributed by atoms with Crippen LogP contribution in [0.15, 0.2) is 30.9 Å². The standard InChI is InChI=1S/C17H28OSi/c1-8-10-16-14(2)11-9-12-15(16)13-18-19(6,7)17(3,4)5/h8-9,11-12H,1,10,13H2,2-7H3. The van der Waals surface area contributed by atoms with E-state index in [0.717, 1.165) is 13.0 Å². The van der Waals surface area contributed by atoms with Gasteiger partial charge in [-0.1, -0.05) is 45.0 Å². The molecular formula is C17H28OSi. The van der Waals surface area contributed by atoms with E-state index in [9.17, 15) is 0 Å². The number of hydrogen-bond donors (Lipinski definition) is 0. The molecule has 0 bridgehead atoms. The number of rotatable bonds is 5. The van der Waals surface area contributed by atoms with Gasteiger partial charge in [0.25, 0.3) is 0 Å². The largest absolute Gasteiger partial charge is 0.413 e. The third-order valence-electron chi connectivity index (χ3n) is 4.25. The zero-order valence-electron chi connectivity index (χ0n) is 13.3. The maximum atomic E-state index is 6.33. The molecule has 0 aliphatic rings. The van der Waals surface area contributed by atoms with Crippen molar-refractivity contribution in [2.24, 2.45) is 0 Å². The van der Waals surface area contributed by atoms with Gasteiger partial charge in [-0.15, -0.1) is 6.58 Å². The van der Waals surface area contributed by atoms with Gasteiger partial charge in [0, 0.05) is 0 Å². The van der Waals surface area contributed by atoms with Gasteiger partial charge in [0.2, 0.25) is 0 Å². The Bertz CT molecular complexity index is 441. The van der Waals surface area contributed by atoms with E-state index >= 15 is 0 Å². The molecule has 0 fully saturated rings. The van der Waals surface area contributed by atoms with Gasteiger partial charge in [0.15, 0.2) is 8.32 Å². The molecule has 0 aliphatic heterocycles. The summed E-state index contributed by atoms with van der Waals surface area (Å²) in [5.74, 6) is 0. The molecule has 1 nitrogen and oxygen atoms in total. The molecule has 2 heteroatoms. The van der Waals surface area contributed by atoms with Crippen molar-refractivity contribution < 1.29 is 4.43 Å². The van der Waals surface area contributed by atoms with Crippen LogP contribution in [0.25, 0.3) is 0 Å². The molecule has 0 aromatic heterocycles. The van der Waals surface area contributed by atoms with E-state index in [1.807, 2.05) is 6.08 Å². The Morgan fingerprint density at radius 1 is 1.26 bits per heavy atom. The number of aryl methyl sites for hydroxylation is 1. The van der Waals surface area contributed by atoms with Crippen molar-refractivity contribution in [3.8, 4) is 0 Å². The monoisotopic (exact) mass is 276 g/mol. The second-order valence-electron chi connectivity index (χ2n) is 6.75. The normalized spacial score (nSPS) is 12.5. The third-order valence-corrected chi connectivity index (χ3v) is 8.73. The quantitative estimate of drug-likeness (QED) is 0.527. The van der Waals surface area contributed by atoms with E-state index in [2.05, 4.69) is 65.6 Å². The molecule has 0 heterocycles. The van der Waals surface area contributed by atoms with Gasteiger partial charge in [-0.25, -0.2) is 0 Å². The fourth-order valence-corrected chi connectivity index (χ4v) is 2.76. The second-order valence-corrected chi connectivity index (χ2v) is 11.6. The van der Waals surface area contributed by atoms with Crippen molar-refractivity contribution in [3.63, 3.8) is 0 Å². The summed E-state index contributed by atoms with van der Waals surface area (Å²) in [4.78, 5) is 0. The first-order valence-corrected chi connectivity index (χ1v) is 9.92. The smallest absolute Gasteiger partial charge is 0.192 e. The van der Waals surface area contributed by atoms with Crippen LogP contribution in [-0.4, -0.2) is 8.32 Å². The lowest BCUT2D eigenvalue weighted by atomic mass is 10.00.